The maximum Gasteiger partial charge on any atom is 0.188 e. The zero-order valence-corrected chi connectivity index (χ0v) is 17.9. The Bertz CT molecular complexity index is 1140. The number of ether oxygens (including phenoxy) is 2. The van der Waals surface area contributed by atoms with Gasteiger partial charge in [0.25, 0.3) is 0 Å². The highest BCUT2D eigenvalue weighted by Gasteiger charge is 2.34. The lowest BCUT2D eigenvalue weighted by Crippen LogP contribution is -2.28. The lowest BCUT2D eigenvalue weighted by molar-refractivity contribution is 0.401. The molecular formula is C19H22ClN3O4S. The summed E-state index contributed by atoms with van der Waals surface area (Å²) >= 11 is 6.26. The third-order valence-electron chi connectivity index (χ3n) is 4.46. The Morgan fingerprint density at radius 3 is 2.36 bits per heavy atom. The lowest BCUT2D eigenvalue weighted by Gasteiger charge is -2.21. The van der Waals surface area contributed by atoms with Crippen LogP contribution in [-0.2, 0) is 9.84 Å². The van der Waals surface area contributed by atoms with Gasteiger partial charge in [0, 0.05) is 17.8 Å². The first-order valence-electron chi connectivity index (χ1n) is 8.44. The predicted molar refractivity (Wildman–Crippen MR) is 110 cm³/mol. The smallest absolute Gasteiger partial charge is 0.188 e. The number of hydrogen-bond donors (Lipinski definition) is 1. The van der Waals surface area contributed by atoms with Crippen molar-refractivity contribution in [3.8, 4) is 22.8 Å². The number of benzene rings is 1. The van der Waals surface area contributed by atoms with Crippen LogP contribution in [0.4, 0.5) is 5.69 Å². The van der Waals surface area contributed by atoms with Gasteiger partial charge in [-0.15, -0.1) is 0 Å². The average Bonchev–Trinajstić information content (AvgIpc) is 3.02. The minimum Gasteiger partial charge on any atom is -0.495 e. The van der Waals surface area contributed by atoms with Crippen LogP contribution in [0.1, 0.15) is 20.8 Å². The van der Waals surface area contributed by atoms with Gasteiger partial charge in [-0.1, -0.05) is 11.6 Å². The molecule has 0 spiro atoms. The van der Waals surface area contributed by atoms with Gasteiger partial charge < -0.3 is 15.2 Å². The Labute approximate surface area is 169 Å². The molecular weight excluding hydrogens is 402 g/mol. The average molecular weight is 424 g/mol. The molecule has 0 radical (unpaired) electrons. The van der Waals surface area contributed by atoms with Crippen molar-refractivity contribution in [3.05, 3.63) is 35.6 Å². The summed E-state index contributed by atoms with van der Waals surface area (Å²) < 4.78 is 37.3. The van der Waals surface area contributed by atoms with Crippen molar-refractivity contribution >= 4 is 32.8 Å². The predicted octanol–water partition coefficient (Wildman–Crippen LogP) is 3.83. The second kappa shape index (κ2) is 6.86. The van der Waals surface area contributed by atoms with Gasteiger partial charge in [0.1, 0.15) is 16.3 Å². The molecule has 2 N–H and O–H groups in total. The fourth-order valence-electron chi connectivity index (χ4n) is 2.87. The van der Waals surface area contributed by atoms with Crippen molar-refractivity contribution in [2.45, 2.75) is 30.4 Å². The topological polar surface area (TPSA) is 95.9 Å². The van der Waals surface area contributed by atoms with Crippen LogP contribution in [0.2, 0.25) is 5.02 Å². The van der Waals surface area contributed by atoms with Gasteiger partial charge in [0.05, 0.1) is 41.6 Å². The van der Waals surface area contributed by atoms with Crippen LogP contribution in [0, 0.1) is 0 Å². The van der Waals surface area contributed by atoms with E-state index in [1.807, 2.05) is 0 Å². The Kier molecular flexibility index (Phi) is 4.97. The van der Waals surface area contributed by atoms with E-state index in [0.29, 0.717) is 33.4 Å². The van der Waals surface area contributed by atoms with Gasteiger partial charge in [-0.2, -0.15) is 0 Å². The molecule has 1 aromatic carbocycles. The molecule has 0 amide bonds. The quantitative estimate of drug-likeness (QED) is 0.640. The van der Waals surface area contributed by atoms with Crippen LogP contribution in [0.15, 0.2) is 35.5 Å². The summed E-state index contributed by atoms with van der Waals surface area (Å²) in [7, 11) is -0.740. The minimum absolute atomic E-state index is 0.0850. The number of imidazole rings is 1. The van der Waals surface area contributed by atoms with Crippen LogP contribution in [-0.4, -0.2) is 36.8 Å². The monoisotopic (exact) mass is 423 g/mol. The van der Waals surface area contributed by atoms with Crippen LogP contribution in [0.25, 0.3) is 16.9 Å². The zero-order valence-electron chi connectivity index (χ0n) is 16.3. The second-order valence-corrected chi connectivity index (χ2v) is 10.4. The third kappa shape index (κ3) is 3.16. The second-order valence-electron chi connectivity index (χ2n) is 7.27. The maximum absolute atomic E-state index is 13.1. The molecule has 28 heavy (non-hydrogen) atoms. The van der Waals surface area contributed by atoms with E-state index >= 15 is 0 Å². The zero-order chi connectivity index (χ0) is 20.9. The van der Waals surface area contributed by atoms with Crippen molar-refractivity contribution in [2.75, 3.05) is 20.0 Å². The molecule has 9 heteroatoms. The number of sulfone groups is 1. The SMILES string of the molecule is COc1cc2ncc(-c3cc(N)c(OC)c(Cl)c3)n2cc1S(=O)(=O)C(C)(C)C. The highest BCUT2D eigenvalue weighted by molar-refractivity contribution is 7.92. The third-order valence-corrected chi connectivity index (χ3v) is 7.24. The van der Waals surface area contributed by atoms with E-state index in [-0.39, 0.29) is 10.6 Å². The minimum atomic E-state index is -3.66. The number of nitrogens with zero attached hydrogens (tertiary/aromatic N) is 2. The number of nitrogen functional groups attached to an aromatic ring is 1. The van der Waals surface area contributed by atoms with Crippen molar-refractivity contribution in [1.82, 2.24) is 9.38 Å². The van der Waals surface area contributed by atoms with E-state index in [2.05, 4.69) is 4.98 Å². The van der Waals surface area contributed by atoms with E-state index in [1.54, 1.807) is 49.6 Å². The number of nitrogens with two attached hydrogens (primary N) is 1. The molecule has 0 saturated heterocycles. The van der Waals surface area contributed by atoms with E-state index in [9.17, 15) is 8.42 Å². The van der Waals surface area contributed by atoms with Crippen molar-refractivity contribution < 1.29 is 17.9 Å². The number of halogens is 1. The molecule has 0 unspecified atom stereocenters. The van der Waals surface area contributed by atoms with Crippen LogP contribution in [0.5, 0.6) is 11.5 Å². The summed E-state index contributed by atoms with van der Waals surface area (Å²) in [4.78, 5) is 4.45. The van der Waals surface area contributed by atoms with E-state index in [1.165, 1.54) is 20.4 Å². The molecule has 0 aliphatic heterocycles. The first-order valence-corrected chi connectivity index (χ1v) is 10.3. The van der Waals surface area contributed by atoms with Crippen molar-refractivity contribution in [3.63, 3.8) is 0 Å². The Morgan fingerprint density at radius 1 is 1.14 bits per heavy atom. The Hall–Kier alpha value is -2.45. The maximum atomic E-state index is 13.1. The standard InChI is InChI=1S/C19H22ClN3O4S/c1-19(2,3)28(24,25)16-10-23-14(9-22-17(23)8-15(16)26-4)11-6-12(20)18(27-5)13(21)7-11/h6-10H,21H2,1-5H3. The normalized spacial score (nSPS) is 12.4. The molecule has 0 aliphatic carbocycles. The highest BCUT2D eigenvalue weighted by atomic mass is 35.5. The Balaban J connectivity index is 2.30. The Morgan fingerprint density at radius 2 is 1.82 bits per heavy atom. The van der Waals surface area contributed by atoms with Crippen molar-refractivity contribution in [1.29, 1.82) is 0 Å². The van der Waals surface area contributed by atoms with Crippen LogP contribution in [0.3, 0.4) is 0 Å². The first-order chi connectivity index (χ1) is 13.0. The summed E-state index contributed by atoms with van der Waals surface area (Å²) in [6.45, 7) is 4.93. The number of pyridine rings is 1. The van der Waals surface area contributed by atoms with Gasteiger partial charge in [-0.05, 0) is 32.9 Å². The molecule has 0 saturated carbocycles. The van der Waals surface area contributed by atoms with E-state index in [4.69, 9.17) is 26.8 Å². The number of fused-ring (bicyclic) bond motifs is 1. The fraction of sp³-hybridized carbons (Fsp3) is 0.316. The van der Waals surface area contributed by atoms with Gasteiger partial charge in [0.2, 0.25) is 0 Å². The molecule has 0 bridgehead atoms. The van der Waals surface area contributed by atoms with Gasteiger partial charge in [-0.25, -0.2) is 13.4 Å². The van der Waals surface area contributed by atoms with Gasteiger partial charge in [-0.3, -0.25) is 4.40 Å². The largest absolute Gasteiger partial charge is 0.495 e. The number of aromatic nitrogens is 2. The molecule has 0 atom stereocenters. The molecule has 3 rings (SSSR count). The summed E-state index contributed by atoms with van der Waals surface area (Å²) in [6.07, 6.45) is 3.14. The molecule has 2 heterocycles. The van der Waals surface area contributed by atoms with Crippen LogP contribution >= 0.6 is 11.6 Å². The lowest BCUT2D eigenvalue weighted by atomic mass is 10.1. The summed E-state index contributed by atoms with van der Waals surface area (Å²) in [5, 5.41) is 0.350. The number of anilines is 1. The highest BCUT2D eigenvalue weighted by Crippen LogP contribution is 2.38. The molecule has 2 aromatic heterocycles. The first kappa shape index (κ1) is 20.3. The number of hydrogen-bond acceptors (Lipinski definition) is 6. The van der Waals surface area contributed by atoms with Gasteiger partial charge in [0.15, 0.2) is 15.6 Å². The van der Waals surface area contributed by atoms with E-state index in [0.717, 1.165) is 0 Å². The summed E-state index contributed by atoms with van der Waals surface area (Å²) in [5.74, 6) is 0.628. The molecule has 3 aromatic rings. The van der Waals surface area contributed by atoms with Crippen LogP contribution < -0.4 is 15.2 Å². The molecule has 150 valence electrons. The molecule has 7 nitrogen and oxygen atoms in total. The number of rotatable bonds is 4. The number of methoxy groups -OCH3 is 2. The van der Waals surface area contributed by atoms with E-state index < -0.39 is 14.6 Å². The van der Waals surface area contributed by atoms with Crippen molar-refractivity contribution in [2.24, 2.45) is 0 Å². The van der Waals surface area contributed by atoms with Gasteiger partial charge >= 0.3 is 0 Å². The molecule has 0 aliphatic rings. The summed E-state index contributed by atoms with van der Waals surface area (Å²) in [6, 6.07) is 5.00. The summed E-state index contributed by atoms with van der Waals surface area (Å²) in [5.41, 5.74) is 8.25. The fourth-order valence-corrected chi connectivity index (χ4v) is 4.48. The molecule has 0 fully saturated rings.